The van der Waals surface area contributed by atoms with Gasteiger partial charge in [0.05, 0.1) is 9.95 Å². The van der Waals surface area contributed by atoms with Gasteiger partial charge >= 0.3 is 5.69 Å². The fourth-order valence-corrected chi connectivity index (χ4v) is 2.12. The second-order valence-corrected chi connectivity index (χ2v) is 4.92. The summed E-state index contributed by atoms with van der Waals surface area (Å²) in [6.45, 7) is 3.48. The molecule has 2 rings (SSSR count). The van der Waals surface area contributed by atoms with E-state index in [1.54, 1.807) is 13.8 Å². The lowest BCUT2D eigenvalue weighted by molar-refractivity contribution is -0.384. The van der Waals surface area contributed by atoms with E-state index in [0.29, 0.717) is 0 Å². The van der Waals surface area contributed by atoms with Gasteiger partial charge in [0.1, 0.15) is 17.2 Å². The van der Waals surface area contributed by atoms with Gasteiger partial charge in [0, 0.05) is 5.92 Å². The lowest BCUT2D eigenvalue weighted by atomic mass is 10.1. The number of rotatable bonds is 3. The summed E-state index contributed by atoms with van der Waals surface area (Å²) < 4.78 is 14.9. The highest BCUT2D eigenvalue weighted by molar-refractivity contribution is 6.32. The summed E-state index contributed by atoms with van der Waals surface area (Å²) in [4.78, 5) is 10.5. The summed E-state index contributed by atoms with van der Waals surface area (Å²) in [5.74, 6) is -1.13. The molecule has 2 N–H and O–H groups in total. The average Bonchev–Trinajstić information content (AvgIpc) is 2.67. The van der Waals surface area contributed by atoms with Crippen molar-refractivity contribution in [1.82, 2.24) is 9.78 Å². The summed E-state index contributed by atoms with van der Waals surface area (Å²) in [5, 5.41) is 15.2. The van der Waals surface area contributed by atoms with Crippen molar-refractivity contribution in [3.8, 4) is 5.69 Å². The van der Waals surface area contributed by atoms with Crippen molar-refractivity contribution in [3.63, 3.8) is 0 Å². The molecule has 0 bridgehead atoms. The van der Waals surface area contributed by atoms with Gasteiger partial charge in [-0.2, -0.15) is 5.10 Å². The van der Waals surface area contributed by atoms with Crippen LogP contribution in [-0.2, 0) is 0 Å². The number of hydrogen-bond acceptors (Lipinski definition) is 4. The Kier molecular flexibility index (Phi) is 3.63. The largest absolute Gasteiger partial charge is 0.378 e. The van der Waals surface area contributed by atoms with Crippen molar-refractivity contribution in [2.75, 3.05) is 5.73 Å². The van der Waals surface area contributed by atoms with Crippen molar-refractivity contribution in [3.05, 3.63) is 44.8 Å². The molecule has 0 radical (unpaired) electrons. The number of anilines is 1. The van der Waals surface area contributed by atoms with Crippen molar-refractivity contribution in [2.24, 2.45) is 0 Å². The molecule has 0 spiro atoms. The Morgan fingerprint density at radius 3 is 2.60 bits per heavy atom. The first-order chi connectivity index (χ1) is 9.34. The molecule has 0 saturated carbocycles. The quantitative estimate of drug-likeness (QED) is 0.696. The first kappa shape index (κ1) is 14.3. The van der Waals surface area contributed by atoms with E-state index in [2.05, 4.69) is 5.10 Å². The summed E-state index contributed by atoms with van der Waals surface area (Å²) in [5.41, 5.74) is 5.52. The zero-order chi connectivity index (χ0) is 15.0. The molecule has 0 atom stereocenters. The highest BCUT2D eigenvalue weighted by atomic mass is 35.5. The number of nitrogens with zero attached hydrogens (tertiary/aromatic N) is 3. The Morgan fingerprint density at radius 1 is 1.50 bits per heavy atom. The van der Waals surface area contributed by atoms with Crippen molar-refractivity contribution >= 4 is 23.1 Å². The molecule has 2 aromatic rings. The molecule has 0 unspecified atom stereocenters. The summed E-state index contributed by atoms with van der Waals surface area (Å²) in [7, 11) is 0. The van der Waals surface area contributed by atoms with Crippen molar-refractivity contribution < 1.29 is 9.31 Å². The van der Waals surface area contributed by atoms with Crippen LogP contribution in [0.5, 0.6) is 0 Å². The van der Waals surface area contributed by atoms with Gasteiger partial charge in [-0.15, -0.1) is 0 Å². The maximum Gasteiger partial charge on any atom is 0.334 e. The van der Waals surface area contributed by atoms with E-state index in [-0.39, 0.29) is 33.8 Å². The molecule has 6 nitrogen and oxygen atoms in total. The van der Waals surface area contributed by atoms with Crippen LogP contribution in [0.1, 0.15) is 25.5 Å². The maximum atomic E-state index is 13.9. The molecule has 106 valence electrons. The number of nitrogen functional groups attached to an aromatic ring is 1. The minimum atomic E-state index is -0.656. The smallest absolute Gasteiger partial charge is 0.334 e. The van der Waals surface area contributed by atoms with Crippen LogP contribution in [0, 0.1) is 15.9 Å². The molecule has 20 heavy (non-hydrogen) atoms. The molecule has 0 aliphatic rings. The van der Waals surface area contributed by atoms with Crippen molar-refractivity contribution in [2.45, 2.75) is 19.8 Å². The zero-order valence-corrected chi connectivity index (χ0v) is 11.6. The van der Waals surface area contributed by atoms with Gasteiger partial charge in [-0.05, 0) is 12.1 Å². The first-order valence-corrected chi connectivity index (χ1v) is 6.19. The van der Waals surface area contributed by atoms with E-state index in [1.807, 2.05) is 0 Å². The Hall–Kier alpha value is -2.15. The van der Waals surface area contributed by atoms with Crippen LogP contribution in [0.4, 0.5) is 15.9 Å². The molecule has 0 fully saturated rings. The Bertz CT molecular complexity index is 664. The Morgan fingerprint density at radius 2 is 2.15 bits per heavy atom. The number of nitro groups is 1. The van der Waals surface area contributed by atoms with Gasteiger partial charge in [-0.1, -0.05) is 31.5 Å². The normalized spacial score (nSPS) is 11.1. The third kappa shape index (κ3) is 2.20. The van der Waals surface area contributed by atoms with E-state index < -0.39 is 10.7 Å². The van der Waals surface area contributed by atoms with Crippen LogP contribution in [0.3, 0.4) is 0 Å². The minimum absolute atomic E-state index is 0.0735. The second kappa shape index (κ2) is 5.09. The third-order valence-electron chi connectivity index (χ3n) is 2.80. The molecule has 0 aliphatic carbocycles. The van der Waals surface area contributed by atoms with Gasteiger partial charge in [0.15, 0.2) is 0 Å². The standard InChI is InChI=1S/C12H12ClFN4O2/c1-6(2)9-11(18(19)20)12(15)17(16-9)10-7(13)4-3-5-8(10)14/h3-6H,15H2,1-2H3. The van der Waals surface area contributed by atoms with Crippen LogP contribution in [0.15, 0.2) is 18.2 Å². The number of nitrogens with two attached hydrogens (primary N) is 1. The van der Waals surface area contributed by atoms with Crippen LogP contribution >= 0.6 is 11.6 Å². The Labute approximate surface area is 119 Å². The van der Waals surface area contributed by atoms with Crippen LogP contribution in [-0.4, -0.2) is 14.7 Å². The highest BCUT2D eigenvalue weighted by Gasteiger charge is 2.29. The SMILES string of the molecule is CC(C)c1nn(-c2c(F)cccc2Cl)c(N)c1[N+](=O)[O-]. The summed E-state index contributed by atoms with van der Waals surface area (Å²) >= 11 is 5.93. The fraction of sp³-hybridized carbons (Fsp3) is 0.250. The number of hydrogen-bond donors (Lipinski definition) is 1. The van der Waals surface area contributed by atoms with Gasteiger partial charge < -0.3 is 5.73 Å². The van der Waals surface area contributed by atoms with Gasteiger partial charge in [0.25, 0.3) is 0 Å². The second-order valence-electron chi connectivity index (χ2n) is 4.51. The minimum Gasteiger partial charge on any atom is -0.378 e. The first-order valence-electron chi connectivity index (χ1n) is 5.81. The van der Waals surface area contributed by atoms with E-state index in [4.69, 9.17) is 17.3 Å². The predicted octanol–water partition coefficient (Wildman–Crippen LogP) is 3.28. The van der Waals surface area contributed by atoms with E-state index in [1.165, 1.54) is 18.2 Å². The highest BCUT2D eigenvalue weighted by Crippen LogP contribution is 2.35. The number of halogens is 2. The van der Waals surface area contributed by atoms with E-state index in [0.717, 1.165) is 4.68 Å². The van der Waals surface area contributed by atoms with Crippen molar-refractivity contribution in [1.29, 1.82) is 0 Å². The van der Waals surface area contributed by atoms with Crippen LogP contribution < -0.4 is 5.73 Å². The average molecular weight is 299 g/mol. The van der Waals surface area contributed by atoms with Crippen LogP contribution in [0.2, 0.25) is 5.02 Å². The molecular formula is C12H12ClFN4O2. The van der Waals surface area contributed by atoms with E-state index in [9.17, 15) is 14.5 Å². The fourth-order valence-electron chi connectivity index (χ4n) is 1.88. The molecule has 0 amide bonds. The zero-order valence-electron chi connectivity index (χ0n) is 10.8. The lowest BCUT2D eigenvalue weighted by Gasteiger charge is -2.06. The molecular weight excluding hydrogens is 287 g/mol. The van der Waals surface area contributed by atoms with Gasteiger partial charge in [-0.25, -0.2) is 9.07 Å². The maximum absolute atomic E-state index is 13.9. The van der Waals surface area contributed by atoms with Gasteiger partial charge in [0.2, 0.25) is 5.82 Å². The molecule has 1 aromatic heterocycles. The molecule has 0 saturated heterocycles. The van der Waals surface area contributed by atoms with Gasteiger partial charge in [-0.3, -0.25) is 10.1 Å². The number of para-hydroxylation sites is 1. The lowest BCUT2D eigenvalue weighted by Crippen LogP contribution is -2.06. The third-order valence-corrected chi connectivity index (χ3v) is 3.10. The Balaban J connectivity index is 2.77. The summed E-state index contributed by atoms with van der Waals surface area (Å²) in [6.07, 6.45) is 0. The van der Waals surface area contributed by atoms with Crippen LogP contribution in [0.25, 0.3) is 5.69 Å². The summed E-state index contributed by atoms with van der Waals surface area (Å²) in [6, 6.07) is 4.07. The number of benzene rings is 1. The number of aromatic nitrogens is 2. The predicted molar refractivity (Wildman–Crippen MR) is 73.7 cm³/mol. The van der Waals surface area contributed by atoms with E-state index >= 15 is 0 Å². The molecule has 0 aliphatic heterocycles. The molecule has 8 heteroatoms. The molecule has 1 heterocycles. The monoisotopic (exact) mass is 298 g/mol. The topological polar surface area (TPSA) is 87.0 Å². The molecule has 1 aromatic carbocycles.